The third kappa shape index (κ3) is 21.9. The fourth-order valence-corrected chi connectivity index (χ4v) is 9.92. The number of unbranched alkanes of at least 4 members (excludes halogenated alkanes) is 18. The molecule has 2 saturated carbocycles. The number of carbonyl (C=O) groups excluding carboxylic acids is 3. The van der Waals surface area contributed by atoms with Crippen molar-refractivity contribution in [3.05, 3.63) is 0 Å². The molecule has 0 saturated heterocycles. The molecule has 5 nitrogen and oxygen atoms in total. The molecule has 0 aromatic heterocycles. The van der Waals surface area contributed by atoms with Crippen LogP contribution in [-0.4, -0.2) is 48.2 Å². The van der Waals surface area contributed by atoms with Crippen LogP contribution in [-0.2, 0) is 34.8 Å². The second-order valence-corrected chi connectivity index (χ2v) is 17.6. The Morgan fingerprint density at radius 3 is 1.40 bits per heavy atom. The Hall–Kier alpha value is -1.04. The van der Waals surface area contributed by atoms with Gasteiger partial charge in [-0.05, 0) is 54.8 Å². The van der Waals surface area contributed by atoms with E-state index >= 15 is 0 Å². The molecule has 0 N–H and O–H groups in total. The summed E-state index contributed by atoms with van der Waals surface area (Å²) in [5.74, 6) is 3.61. The Bertz CT molecular complexity index is 774. The molecule has 3 atom stereocenters. The lowest BCUT2D eigenvalue weighted by molar-refractivity contribution is -0.144. The van der Waals surface area contributed by atoms with Crippen LogP contribution in [0.1, 0.15) is 200 Å². The topological polar surface area (TPSA) is 69.7 Å². The molecule has 0 aromatic rings. The van der Waals surface area contributed by atoms with E-state index in [1.54, 1.807) is 0 Å². The second-order valence-electron chi connectivity index (χ2n) is 15.3. The van der Waals surface area contributed by atoms with Crippen LogP contribution in [0.5, 0.6) is 0 Å². The van der Waals surface area contributed by atoms with E-state index in [4.69, 9.17) is 9.47 Å². The van der Waals surface area contributed by atoms with Crippen LogP contribution in [0.4, 0.5) is 0 Å². The molecular formula is C42H77O5S+. The zero-order valence-electron chi connectivity index (χ0n) is 31.7. The third-order valence-corrected chi connectivity index (χ3v) is 13.3. The first-order chi connectivity index (χ1) is 23.5. The van der Waals surface area contributed by atoms with Gasteiger partial charge in [-0.25, -0.2) is 0 Å². The molecule has 0 radical (unpaired) electrons. The van der Waals surface area contributed by atoms with Crippen LogP contribution in [0.2, 0.25) is 0 Å². The fraction of sp³-hybridized carbons (Fsp3) is 0.929. The van der Waals surface area contributed by atoms with E-state index in [2.05, 4.69) is 13.8 Å². The first-order valence-electron chi connectivity index (χ1n) is 21.0. The van der Waals surface area contributed by atoms with Crippen LogP contribution in [0.25, 0.3) is 0 Å². The number of carbonyl (C=O) groups is 3. The van der Waals surface area contributed by atoms with E-state index in [-0.39, 0.29) is 28.8 Å². The van der Waals surface area contributed by atoms with Gasteiger partial charge in [0.1, 0.15) is 11.5 Å². The molecule has 0 aromatic carbocycles. The second kappa shape index (κ2) is 29.7. The summed E-state index contributed by atoms with van der Waals surface area (Å²) in [6.45, 7) is 5.51. The van der Waals surface area contributed by atoms with Gasteiger partial charge in [0.25, 0.3) is 0 Å². The summed E-state index contributed by atoms with van der Waals surface area (Å²) in [4.78, 5) is 38.8. The number of hydrogen-bond donors (Lipinski definition) is 0. The average molecular weight is 694 g/mol. The molecule has 0 heterocycles. The highest BCUT2D eigenvalue weighted by Gasteiger charge is 2.37. The van der Waals surface area contributed by atoms with Crippen LogP contribution in [0, 0.1) is 17.8 Å². The van der Waals surface area contributed by atoms with Crippen molar-refractivity contribution < 1.29 is 23.9 Å². The summed E-state index contributed by atoms with van der Waals surface area (Å²) >= 11 is 0. The quantitative estimate of drug-likeness (QED) is 0.0411. The Labute approximate surface area is 299 Å². The normalized spacial score (nSPS) is 19.3. The first-order valence-corrected chi connectivity index (χ1v) is 22.7. The summed E-state index contributed by atoms with van der Waals surface area (Å²) in [7, 11) is -0.291. The summed E-state index contributed by atoms with van der Waals surface area (Å²) in [6, 6.07) is 0. The van der Waals surface area contributed by atoms with Crippen LogP contribution >= 0.6 is 0 Å². The van der Waals surface area contributed by atoms with Gasteiger partial charge in [0.15, 0.2) is 11.5 Å². The van der Waals surface area contributed by atoms with Crippen molar-refractivity contribution in [2.24, 2.45) is 17.8 Å². The number of ether oxygens (including phenoxy) is 2. The van der Waals surface area contributed by atoms with Crippen LogP contribution in [0.15, 0.2) is 0 Å². The van der Waals surface area contributed by atoms with E-state index in [0.717, 1.165) is 50.4 Å². The molecule has 0 aliphatic heterocycles. The van der Waals surface area contributed by atoms with E-state index < -0.39 is 0 Å². The van der Waals surface area contributed by atoms with Crippen LogP contribution < -0.4 is 0 Å². The Kier molecular flexibility index (Phi) is 26.7. The predicted octanol–water partition coefficient (Wildman–Crippen LogP) is 11.5. The minimum atomic E-state index is -0.291. The van der Waals surface area contributed by atoms with Gasteiger partial charge in [0.05, 0.1) is 26.1 Å². The molecule has 0 amide bonds. The Balaban J connectivity index is 1.65. The molecule has 3 unspecified atom stereocenters. The van der Waals surface area contributed by atoms with E-state index in [9.17, 15) is 14.4 Å². The maximum absolute atomic E-state index is 13.5. The predicted molar refractivity (Wildman–Crippen MR) is 205 cm³/mol. The monoisotopic (exact) mass is 694 g/mol. The van der Waals surface area contributed by atoms with Gasteiger partial charge < -0.3 is 9.47 Å². The summed E-state index contributed by atoms with van der Waals surface area (Å²) in [5.41, 5.74) is 0. The smallest absolute Gasteiger partial charge is 0.310 e. The molecule has 2 fully saturated rings. The van der Waals surface area contributed by atoms with E-state index in [0.29, 0.717) is 49.1 Å². The molecule has 2 aliphatic rings. The minimum absolute atomic E-state index is 0.151. The lowest BCUT2D eigenvalue weighted by atomic mass is 9.67. The van der Waals surface area contributed by atoms with Crippen molar-refractivity contribution in [3.8, 4) is 0 Å². The average Bonchev–Trinajstić information content (AvgIpc) is 3.10. The number of esters is 2. The summed E-state index contributed by atoms with van der Waals surface area (Å²) < 4.78 is 11.2. The van der Waals surface area contributed by atoms with E-state index in [1.807, 2.05) is 0 Å². The van der Waals surface area contributed by atoms with Crippen molar-refractivity contribution >= 4 is 28.6 Å². The zero-order valence-corrected chi connectivity index (χ0v) is 32.5. The number of ketones is 1. The standard InChI is InChI=1S/C42H77O5S/c1-3-5-7-9-11-13-15-17-19-23-31-46-41(44)29-33-48(36-40(43)39-28-27-37-25-21-22-26-38(37)35-39)34-30-42(45)47-32-24-20-18-16-14-12-10-8-6-4-2/h37-39H,3-36H2,1-2H3/q+1. The maximum atomic E-state index is 13.5. The molecule has 0 bridgehead atoms. The fourth-order valence-electron chi connectivity index (χ4n) is 7.88. The van der Waals surface area contributed by atoms with Gasteiger partial charge in [-0.15, -0.1) is 0 Å². The highest BCUT2D eigenvalue weighted by Crippen LogP contribution is 2.43. The zero-order chi connectivity index (χ0) is 34.5. The van der Waals surface area contributed by atoms with Crippen LogP contribution in [0.3, 0.4) is 0 Å². The lowest BCUT2D eigenvalue weighted by Gasteiger charge is -2.38. The van der Waals surface area contributed by atoms with Gasteiger partial charge in [0.2, 0.25) is 0 Å². The molecular weight excluding hydrogens is 617 g/mol. The van der Waals surface area contributed by atoms with Gasteiger partial charge in [0, 0.05) is 5.92 Å². The van der Waals surface area contributed by atoms with Crippen molar-refractivity contribution in [2.75, 3.05) is 30.5 Å². The number of fused-ring (bicyclic) bond motifs is 1. The third-order valence-electron chi connectivity index (χ3n) is 11.1. The SMILES string of the molecule is CCCCCCCCCCCCOC(=O)CC[S+](CCC(=O)OCCCCCCCCCCCC)CC(=O)C1CCC2CCCCC2C1. The molecule has 6 heteroatoms. The molecule has 2 aliphatic carbocycles. The number of hydrogen-bond acceptors (Lipinski definition) is 5. The molecule has 48 heavy (non-hydrogen) atoms. The number of Topliss-reactive ketones (excluding diaryl/α,β-unsaturated/α-hetero) is 1. The van der Waals surface area contributed by atoms with Crippen molar-refractivity contribution in [1.82, 2.24) is 0 Å². The molecule has 280 valence electrons. The largest absolute Gasteiger partial charge is 0.466 e. The van der Waals surface area contributed by atoms with Gasteiger partial charge >= 0.3 is 11.9 Å². The Morgan fingerprint density at radius 1 is 0.521 bits per heavy atom. The van der Waals surface area contributed by atoms with Gasteiger partial charge in [-0.2, -0.15) is 0 Å². The molecule has 2 rings (SSSR count). The van der Waals surface area contributed by atoms with Crippen molar-refractivity contribution in [1.29, 1.82) is 0 Å². The number of rotatable bonds is 31. The Morgan fingerprint density at radius 2 is 0.938 bits per heavy atom. The van der Waals surface area contributed by atoms with Gasteiger partial charge in [-0.1, -0.05) is 155 Å². The van der Waals surface area contributed by atoms with E-state index in [1.165, 1.54) is 135 Å². The lowest BCUT2D eigenvalue weighted by Crippen LogP contribution is -2.35. The van der Waals surface area contributed by atoms with Gasteiger partial charge in [-0.3, -0.25) is 14.4 Å². The highest BCUT2D eigenvalue weighted by atomic mass is 32.2. The maximum Gasteiger partial charge on any atom is 0.310 e. The van der Waals surface area contributed by atoms with Crippen molar-refractivity contribution in [2.45, 2.75) is 200 Å². The minimum Gasteiger partial charge on any atom is -0.466 e. The molecule has 0 spiro atoms. The highest BCUT2D eigenvalue weighted by molar-refractivity contribution is 7.97. The first kappa shape index (κ1) is 43.1. The van der Waals surface area contributed by atoms with Crippen molar-refractivity contribution in [3.63, 3.8) is 0 Å². The summed E-state index contributed by atoms with van der Waals surface area (Å²) in [6.07, 6.45) is 34.5. The summed E-state index contributed by atoms with van der Waals surface area (Å²) in [5, 5.41) is 0.